The number of benzene rings is 1. The van der Waals surface area contributed by atoms with Crippen molar-refractivity contribution in [2.75, 3.05) is 0 Å². The van der Waals surface area contributed by atoms with Crippen molar-refractivity contribution in [3.05, 3.63) is 29.3 Å². The molecule has 0 aliphatic rings. The molecule has 22 heavy (non-hydrogen) atoms. The van der Waals surface area contributed by atoms with Crippen molar-refractivity contribution in [3.8, 4) is 5.75 Å². The smallest absolute Gasteiger partial charge is 0.119 e. The third-order valence-electron chi connectivity index (χ3n) is 4.79. The van der Waals surface area contributed by atoms with Crippen LogP contribution in [0.15, 0.2) is 18.2 Å². The Morgan fingerprint density at radius 1 is 0.864 bits per heavy atom. The molecule has 0 fully saturated rings. The van der Waals surface area contributed by atoms with E-state index in [2.05, 4.69) is 26.8 Å². The van der Waals surface area contributed by atoms with Gasteiger partial charge in [0.2, 0.25) is 0 Å². The minimum absolute atomic E-state index is 0.512. The summed E-state index contributed by atoms with van der Waals surface area (Å²) in [5.41, 5.74) is 2.62. The van der Waals surface area contributed by atoms with E-state index in [9.17, 15) is 5.11 Å². The Bertz CT molecular complexity index is 397. The van der Waals surface area contributed by atoms with Gasteiger partial charge in [0.15, 0.2) is 0 Å². The highest BCUT2D eigenvalue weighted by Gasteiger charge is 2.15. The van der Waals surface area contributed by atoms with E-state index in [1.165, 1.54) is 75.3 Å². The van der Waals surface area contributed by atoms with E-state index in [1.807, 2.05) is 12.1 Å². The molecule has 1 heteroatoms. The second-order valence-electron chi connectivity index (χ2n) is 6.61. The van der Waals surface area contributed by atoms with Crippen molar-refractivity contribution < 1.29 is 5.11 Å². The molecule has 1 N–H and O–H groups in total. The molecule has 1 aromatic carbocycles. The maximum Gasteiger partial charge on any atom is 0.119 e. The summed E-state index contributed by atoms with van der Waals surface area (Å²) in [6.45, 7) is 6.78. The van der Waals surface area contributed by atoms with Gasteiger partial charge in [-0.25, -0.2) is 0 Å². The van der Waals surface area contributed by atoms with Gasteiger partial charge in [-0.3, -0.25) is 0 Å². The molecule has 0 aliphatic heterocycles. The van der Waals surface area contributed by atoms with Crippen LogP contribution < -0.4 is 0 Å². The van der Waals surface area contributed by atoms with Crippen LogP contribution in [-0.2, 0) is 6.42 Å². The normalized spacial score (nSPS) is 12.5. The van der Waals surface area contributed by atoms with Gasteiger partial charge in [-0.15, -0.1) is 0 Å². The lowest BCUT2D eigenvalue weighted by atomic mass is 9.86. The van der Waals surface area contributed by atoms with E-state index in [0.29, 0.717) is 11.7 Å². The van der Waals surface area contributed by atoms with Gasteiger partial charge in [0.05, 0.1) is 0 Å². The van der Waals surface area contributed by atoms with Crippen molar-refractivity contribution in [1.29, 1.82) is 0 Å². The Labute approximate surface area is 138 Å². The largest absolute Gasteiger partial charge is 0.508 e. The summed E-state index contributed by atoms with van der Waals surface area (Å²) < 4.78 is 0. The first-order valence-corrected chi connectivity index (χ1v) is 9.55. The number of phenolic OH excluding ortho intramolecular Hbond substituents is 1. The zero-order valence-electron chi connectivity index (χ0n) is 15.0. The predicted octanol–water partition coefficient (Wildman–Crippen LogP) is 6.98. The van der Waals surface area contributed by atoms with Gasteiger partial charge in [0.25, 0.3) is 0 Å². The number of unbranched alkanes of at least 4 members (excludes halogenated alkanes) is 6. The fourth-order valence-electron chi connectivity index (χ4n) is 3.43. The molecule has 1 rings (SSSR count). The average Bonchev–Trinajstić information content (AvgIpc) is 2.53. The highest BCUT2D eigenvalue weighted by molar-refractivity contribution is 5.41. The number of aromatic hydroxyl groups is 1. The van der Waals surface area contributed by atoms with Crippen molar-refractivity contribution in [3.63, 3.8) is 0 Å². The molecular weight excluding hydrogens is 268 g/mol. The Morgan fingerprint density at radius 2 is 1.55 bits per heavy atom. The summed E-state index contributed by atoms with van der Waals surface area (Å²) in [6.07, 6.45) is 13.9. The van der Waals surface area contributed by atoms with Crippen LogP contribution in [0.1, 0.15) is 102 Å². The zero-order valence-corrected chi connectivity index (χ0v) is 15.0. The first kappa shape index (κ1) is 19.1. The van der Waals surface area contributed by atoms with Gasteiger partial charge in [-0.1, -0.05) is 77.8 Å². The number of hydrogen-bond acceptors (Lipinski definition) is 1. The summed E-state index contributed by atoms with van der Waals surface area (Å²) in [5.74, 6) is 1.12. The van der Waals surface area contributed by atoms with E-state index in [1.54, 1.807) is 0 Å². The summed E-state index contributed by atoms with van der Waals surface area (Å²) in [5, 5.41) is 10.3. The van der Waals surface area contributed by atoms with Gasteiger partial charge in [0.1, 0.15) is 5.75 Å². The molecule has 0 saturated carbocycles. The molecule has 1 aromatic rings. The second-order valence-corrected chi connectivity index (χ2v) is 6.61. The molecule has 0 spiro atoms. The van der Waals surface area contributed by atoms with Crippen LogP contribution in [0.5, 0.6) is 5.75 Å². The van der Waals surface area contributed by atoms with E-state index < -0.39 is 0 Å². The predicted molar refractivity (Wildman–Crippen MR) is 97.7 cm³/mol. The molecule has 1 unspecified atom stereocenters. The topological polar surface area (TPSA) is 20.2 Å². The highest BCUT2D eigenvalue weighted by atomic mass is 16.3. The van der Waals surface area contributed by atoms with Crippen LogP contribution in [0.2, 0.25) is 0 Å². The van der Waals surface area contributed by atoms with E-state index in [4.69, 9.17) is 0 Å². The van der Waals surface area contributed by atoms with Crippen molar-refractivity contribution >= 4 is 0 Å². The van der Waals surface area contributed by atoms with Crippen LogP contribution in [-0.4, -0.2) is 5.11 Å². The molecule has 126 valence electrons. The third kappa shape index (κ3) is 6.42. The summed E-state index contributed by atoms with van der Waals surface area (Å²) >= 11 is 0. The van der Waals surface area contributed by atoms with E-state index in [0.717, 1.165) is 6.42 Å². The van der Waals surface area contributed by atoms with Crippen LogP contribution in [0, 0.1) is 0 Å². The van der Waals surface area contributed by atoms with Gasteiger partial charge in [-0.05, 0) is 48.8 Å². The average molecular weight is 305 g/mol. The third-order valence-corrected chi connectivity index (χ3v) is 4.79. The maximum atomic E-state index is 10.3. The Hall–Kier alpha value is -0.980. The fraction of sp³-hybridized carbons (Fsp3) is 0.714. The summed E-state index contributed by atoms with van der Waals surface area (Å²) in [7, 11) is 0. The molecule has 0 saturated heterocycles. The first-order chi connectivity index (χ1) is 10.7. The summed E-state index contributed by atoms with van der Waals surface area (Å²) in [4.78, 5) is 0. The van der Waals surface area contributed by atoms with Crippen molar-refractivity contribution in [2.45, 2.75) is 97.3 Å². The Morgan fingerprint density at radius 3 is 2.18 bits per heavy atom. The van der Waals surface area contributed by atoms with Gasteiger partial charge in [-0.2, -0.15) is 0 Å². The minimum Gasteiger partial charge on any atom is -0.508 e. The number of rotatable bonds is 12. The Balaban J connectivity index is 2.54. The molecule has 0 aromatic heterocycles. The molecule has 0 heterocycles. The SMILES string of the molecule is CCCCCCCCCc1c(O)cccc1C(CC)CCC. The lowest BCUT2D eigenvalue weighted by Crippen LogP contribution is -2.03. The lowest BCUT2D eigenvalue weighted by molar-refractivity contribution is 0.461. The molecule has 0 radical (unpaired) electrons. The van der Waals surface area contributed by atoms with Crippen LogP contribution >= 0.6 is 0 Å². The highest BCUT2D eigenvalue weighted by Crippen LogP contribution is 2.33. The van der Waals surface area contributed by atoms with E-state index >= 15 is 0 Å². The van der Waals surface area contributed by atoms with Crippen molar-refractivity contribution in [1.82, 2.24) is 0 Å². The van der Waals surface area contributed by atoms with Gasteiger partial charge in [0, 0.05) is 0 Å². The second kappa shape index (κ2) is 11.6. The van der Waals surface area contributed by atoms with Gasteiger partial charge >= 0.3 is 0 Å². The number of hydrogen-bond donors (Lipinski definition) is 1. The quantitative estimate of drug-likeness (QED) is 0.413. The Kier molecular flexibility index (Phi) is 10.0. The molecule has 0 amide bonds. The van der Waals surface area contributed by atoms with Crippen LogP contribution in [0.25, 0.3) is 0 Å². The van der Waals surface area contributed by atoms with Crippen LogP contribution in [0.3, 0.4) is 0 Å². The summed E-state index contributed by atoms with van der Waals surface area (Å²) in [6, 6.07) is 6.11. The lowest BCUT2D eigenvalue weighted by Gasteiger charge is -2.19. The first-order valence-electron chi connectivity index (χ1n) is 9.55. The fourth-order valence-corrected chi connectivity index (χ4v) is 3.43. The van der Waals surface area contributed by atoms with Crippen LogP contribution in [0.4, 0.5) is 0 Å². The minimum atomic E-state index is 0.512. The molecular formula is C21H36O. The van der Waals surface area contributed by atoms with Gasteiger partial charge < -0.3 is 5.11 Å². The van der Waals surface area contributed by atoms with E-state index in [-0.39, 0.29) is 0 Å². The standard InChI is InChI=1S/C21H36O/c1-4-7-8-9-10-11-12-15-20-19(16-13-17-21(20)22)18(6-3)14-5-2/h13,16-18,22H,4-12,14-15H2,1-3H3. The molecule has 0 aliphatic carbocycles. The zero-order chi connectivity index (χ0) is 16.2. The van der Waals surface area contributed by atoms with Crippen molar-refractivity contribution in [2.24, 2.45) is 0 Å². The molecule has 1 nitrogen and oxygen atoms in total. The molecule has 1 atom stereocenters. The molecule has 0 bridgehead atoms. The monoisotopic (exact) mass is 304 g/mol. The number of phenols is 1. The maximum absolute atomic E-state index is 10.3.